The van der Waals surface area contributed by atoms with Crippen LogP contribution >= 0.6 is 0 Å². The zero-order valence-electron chi connectivity index (χ0n) is 9.66. The number of allylic oxidation sites excluding steroid dienone is 1. The van der Waals surface area contributed by atoms with Gasteiger partial charge in [0.1, 0.15) is 0 Å². The van der Waals surface area contributed by atoms with E-state index in [0.717, 1.165) is 24.9 Å². The van der Waals surface area contributed by atoms with Crippen molar-refractivity contribution < 1.29 is 0 Å². The summed E-state index contributed by atoms with van der Waals surface area (Å²) in [5.41, 5.74) is 2.40. The van der Waals surface area contributed by atoms with Crippen molar-refractivity contribution >= 4 is 5.69 Å². The number of hydrogen-bond acceptors (Lipinski definition) is 2. The van der Waals surface area contributed by atoms with Gasteiger partial charge in [-0.25, -0.2) is 0 Å². The minimum atomic E-state index is 0.519. The van der Waals surface area contributed by atoms with Crippen LogP contribution in [0.4, 0.5) is 5.69 Å². The molecule has 1 aromatic heterocycles. The van der Waals surface area contributed by atoms with E-state index in [4.69, 9.17) is 0 Å². The molecule has 0 fully saturated rings. The fourth-order valence-electron chi connectivity index (χ4n) is 1.53. The van der Waals surface area contributed by atoms with E-state index in [2.05, 4.69) is 30.7 Å². The molecule has 0 aliphatic heterocycles. The highest BCUT2D eigenvalue weighted by molar-refractivity contribution is 5.48. The number of aryl methyl sites for hydroxylation is 1. The molecule has 2 nitrogen and oxygen atoms in total. The molecule has 0 saturated heterocycles. The highest BCUT2D eigenvalue weighted by Crippen LogP contribution is 2.16. The van der Waals surface area contributed by atoms with Gasteiger partial charge in [0.25, 0.3) is 0 Å². The number of nitrogens with zero attached hydrogens (tertiary/aromatic N) is 1. The van der Waals surface area contributed by atoms with E-state index in [1.165, 1.54) is 5.56 Å². The Kier molecular flexibility index (Phi) is 4.88. The molecular weight excluding hydrogens is 184 g/mol. The normalized spacial score (nSPS) is 12.1. The maximum absolute atomic E-state index is 4.13. The lowest BCUT2D eigenvalue weighted by Crippen LogP contribution is -2.18. The van der Waals surface area contributed by atoms with Crippen LogP contribution in [0.1, 0.15) is 31.7 Å². The smallest absolute Gasteiger partial charge is 0.0558 e. The molecule has 0 aromatic carbocycles. The van der Waals surface area contributed by atoms with Crippen LogP contribution in [0.5, 0.6) is 0 Å². The first-order chi connectivity index (χ1) is 7.27. The van der Waals surface area contributed by atoms with Gasteiger partial charge in [0.15, 0.2) is 0 Å². The molecule has 1 atom stereocenters. The lowest BCUT2D eigenvalue weighted by atomic mass is 10.1. The molecule has 15 heavy (non-hydrogen) atoms. The summed E-state index contributed by atoms with van der Waals surface area (Å²) in [5.74, 6) is 0. The van der Waals surface area contributed by atoms with Gasteiger partial charge in [-0.1, -0.05) is 13.0 Å². The third-order valence-corrected chi connectivity index (χ3v) is 2.61. The van der Waals surface area contributed by atoms with Crippen LogP contribution in [0.15, 0.2) is 31.1 Å². The van der Waals surface area contributed by atoms with Crippen molar-refractivity contribution in [2.75, 3.05) is 5.32 Å². The van der Waals surface area contributed by atoms with Gasteiger partial charge in [-0.2, -0.15) is 0 Å². The fraction of sp³-hybridized carbons (Fsp3) is 0.462. The van der Waals surface area contributed by atoms with Crippen molar-refractivity contribution in [3.63, 3.8) is 0 Å². The van der Waals surface area contributed by atoms with Crippen LogP contribution in [0.3, 0.4) is 0 Å². The van der Waals surface area contributed by atoms with Gasteiger partial charge in [0, 0.05) is 12.2 Å². The van der Waals surface area contributed by atoms with Crippen LogP contribution in [0.25, 0.3) is 0 Å². The molecule has 1 unspecified atom stereocenters. The first-order valence-electron chi connectivity index (χ1n) is 5.56. The van der Waals surface area contributed by atoms with Crippen LogP contribution in [0, 0.1) is 6.92 Å². The topological polar surface area (TPSA) is 24.9 Å². The minimum absolute atomic E-state index is 0.519. The van der Waals surface area contributed by atoms with Gasteiger partial charge >= 0.3 is 0 Å². The Labute approximate surface area is 92.4 Å². The number of pyridine rings is 1. The zero-order valence-corrected chi connectivity index (χ0v) is 9.66. The van der Waals surface area contributed by atoms with Crippen molar-refractivity contribution in [1.82, 2.24) is 4.98 Å². The van der Waals surface area contributed by atoms with Crippen molar-refractivity contribution in [3.05, 3.63) is 36.7 Å². The molecule has 1 heterocycles. The molecule has 0 aliphatic carbocycles. The Hall–Kier alpha value is -1.31. The molecule has 0 aliphatic rings. The number of aromatic nitrogens is 1. The standard InChI is InChI=1S/C13H20N2/c1-4-6-7-12(5-2)15-13-10-14-9-8-11(13)3/h4,8-10,12,15H,1,5-7H2,2-3H3. The number of nitrogens with one attached hydrogen (secondary N) is 1. The van der Waals surface area contributed by atoms with Gasteiger partial charge in [0.05, 0.1) is 11.9 Å². The summed E-state index contributed by atoms with van der Waals surface area (Å²) in [7, 11) is 0. The van der Waals surface area contributed by atoms with E-state index in [-0.39, 0.29) is 0 Å². The van der Waals surface area contributed by atoms with Crippen LogP contribution in [-0.4, -0.2) is 11.0 Å². The van der Waals surface area contributed by atoms with E-state index >= 15 is 0 Å². The third kappa shape index (κ3) is 3.74. The predicted octanol–water partition coefficient (Wildman–Crippen LogP) is 3.55. The lowest BCUT2D eigenvalue weighted by molar-refractivity contribution is 0.641. The molecular formula is C13H20N2. The highest BCUT2D eigenvalue weighted by Gasteiger charge is 2.06. The van der Waals surface area contributed by atoms with Gasteiger partial charge in [0.2, 0.25) is 0 Å². The van der Waals surface area contributed by atoms with E-state index < -0.39 is 0 Å². The first-order valence-corrected chi connectivity index (χ1v) is 5.56. The van der Waals surface area contributed by atoms with Gasteiger partial charge in [-0.3, -0.25) is 4.98 Å². The summed E-state index contributed by atoms with van der Waals surface area (Å²) >= 11 is 0. The fourth-order valence-corrected chi connectivity index (χ4v) is 1.53. The Balaban J connectivity index is 2.58. The van der Waals surface area contributed by atoms with Crippen LogP contribution < -0.4 is 5.32 Å². The average molecular weight is 204 g/mol. The van der Waals surface area contributed by atoms with Crippen molar-refractivity contribution in [2.45, 2.75) is 39.2 Å². The molecule has 0 bridgehead atoms. The van der Waals surface area contributed by atoms with E-state index in [9.17, 15) is 0 Å². The highest BCUT2D eigenvalue weighted by atomic mass is 14.9. The average Bonchev–Trinajstić information content (AvgIpc) is 2.26. The second-order valence-corrected chi connectivity index (χ2v) is 3.81. The number of rotatable bonds is 6. The predicted molar refractivity (Wildman–Crippen MR) is 66.1 cm³/mol. The van der Waals surface area contributed by atoms with Crippen molar-refractivity contribution in [3.8, 4) is 0 Å². The summed E-state index contributed by atoms with van der Waals surface area (Å²) in [6.07, 6.45) is 9.01. The molecule has 0 amide bonds. The summed E-state index contributed by atoms with van der Waals surface area (Å²) < 4.78 is 0. The molecule has 1 N–H and O–H groups in total. The molecule has 0 radical (unpaired) electrons. The summed E-state index contributed by atoms with van der Waals surface area (Å²) in [5, 5.41) is 3.52. The van der Waals surface area contributed by atoms with Gasteiger partial charge in [-0.05, 0) is 37.8 Å². The minimum Gasteiger partial charge on any atom is -0.381 e. The maximum atomic E-state index is 4.13. The summed E-state index contributed by atoms with van der Waals surface area (Å²) in [6, 6.07) is 2.55. The van der Waals surface area contributed by atoms with E-state index in [1.807, 2.05) is 24.5 Å². The quantitative estimate of drug-likeness (QED) is 0.717. The van der Waals surface area contributed by atoms with Gasteiger partial charge < -0.3 is 5.32 Å². The zero-order chi connectivity index (χ0) is 11.1. The molecule has 1 aromatic rings. The van der Waals surface area contributed by atoms with E-state index in [0.29, 0.717) is 6.04 Å². The number of hydrogen-bond donors (Lipinski definition) is 1. The van der Waals surface area contributed by atoms with Crippen LogP contribution in [0.2, 0.25) is 0 Å². The second kappa shape index (κ2) is 6.23. The van der Waals surface area contributed by atoms with Gasteiger partial charge in [-0.15, -0.1) is 6.58 Å². The molecule has 1 rings (SSSR count). The lowest BCUT2D eigenvalue weighted by Gasteiger charge is -2.18. The molecule has 0 saturated carbocycles. The Morgan fingerprint density at radius 1 is 1.60 bits per heavy atom. The Bertz CT molecular complexity index is 307. The largest absolute Gasteiger partial charge is 0.381 e. The molecule has 82 valence electrons. The van der Waals surface area contributed by atoms with Crippen molar-refractivity contribution in [1.29, 1.82) is 0 Å². The Morgan fingerprint density at radius 3 is 3.00 bits per heavy atom. The first kappa shape index (κ1) is 11.8. The summed E-state index contributed by atoms with van der Waals surface area (Å²) in [6.45, 7) is 8.05. The van der Waals surface area contributed by atoms with Crippen molar-refractivity contribution in [2.24, 2.45) is 0 Å². The van der Waals surface area contributed by atoms with E-state index in [1.54, 1.807) is 0 Å². The van der Waals surface area contributed by atoms with Crippen LogP contribution in [-0.2, 0) is 0 Å². The second-order valence-electron chi connectivity index (χ2n) is 3.81. The third-order valence-electron chi connectivity index (χ3n) is 2.61. The maximum Gasteiger partial charge on any atom is 0.0558 e. The summed E-state index contributed by atoms with van der Waals surface area (Å²) in [4.78, 5) is 4.13. The molecule has 2 heteroatoms. The SMILES string of the molecule is C=CCCC(CC)Nc1cnccc1C. The number of anilines is 1. The molecule has 0 spiro atoms. The Morgan fingerprint density at radius 2 is 2.40 bits per heavy atom. The monoisotopic (exact) mass is 204 g/mol.